The molecule has 0 aromatic heterocycles. The van der Waals surface area contributed by atoms with Crippen molar-refractivity contribution in [3.63, 3.8) is 0 Å². The molecule has 2 aromatic carbocycles. The van der Waals surface area contributed by atoms with E-state index >= 15 is 0 Å². The largest absolute Gasteiger partial charge is 0.326 e. The number of benzene rings is 2. The van der Waals surface area contributed by atoms with E-state index in [-0.39, 0.29) is 23.8 Å². The summed E-state index contributed by atoms with van der Waals surface area (Å²) in [7, 11) is 0. The number of carbonyl (C=O) groups is 3. The van der Waals surface area contributed by atoms with Gasteiger partial charge in [-0.3, -0.25) is 14.4 Å². The Balaban J connectivity index is 1.68. The van der Waals surface area contributed by atoms with Crippen molar-refractivity contribution in [2.45, 2.75) is 24.9 Å². The lowest BCUT2D eigenvalue weighted by Crippen LogP contribution is -2.99. The first-order valence-electron chi connectivity index (χ1n) is 10.5. The minimum atomic E-state index is -1.12. The first-order valence-corrected chi connectivity index (χ1v) is 11.3. The van der Waals surface area contributed by atoms with Gasteiger partial charge in [-0.2, -0.15) is 0 Å². The minimum Gasteiger partial charge on any atom is -0.326 e. The molecule has 0 unspecified atom stereocenters. The molecule has 4 atom stereocenters. The molecule has 0 saturated carbocycles. The van der Waals surface area contributed by atoms with E-state index in [9.17, 15) is 14.4 Å². The minimum absolute atomic E-state index is 0.140. The van der Waals surface area contributed by atoms with Crippen LogP contribution in [-0.4, -0.2) is 30.3 Å². The molecule has 3 aliphatic rings. The summed E-state index contributed by atoms with van der Waals surface area (Å²) in [6.45, 7) is 6.16. The lowest BCUT2D eigenvalue weighted by molar-refractivity contribution is -0.733. The third kappa shape index (κ3) is 2.56. The number of rotatable bonds is 4. The number of para-hydroxylation sites is 1. The maximum Gasteiger partial charge on any atom is 0.294 e. The predicted octanol–water partition coefficient (Wildman–Crippen LogP) is 2.34. The molecule has 2 N–H and O–H groups in total. The second-order valence-corrected chi connectivity index (χ2v) is 9.24. The second-order valence-electron chi connectivity index (χ2n) is 8.32. The molecule has 31 heavy (non-hydrogen) atoms. The number of fused-ring (bicyclic) bond motifs is 4. The van der Waals surface area contributed by atoms with Crippen molar-refractivity contribution in [1.82, 2.24) is 0 Å². The molecule has 2 saturated heterocycles. The summed E-state index contributed by atoms with van der Waals surface area (Å²) < 4.78 is 0.867. The molecule has 158 valence electrons. The number of hydrogen-bond donors (Lipinski definition) is 1. The van der Waals surface area contributed by atoms with Crippen LogP contribution in [0.1, 0.15) is 18.9 Å². The van der Waals surface area contributed by atoms with Crippen LogP contribution in [0.15, 0.2) is 65.7 Å². The SMILES string of the molecule is C=CCN1C(=O)[C@]2([NH2+][C@H](CC)[C@@H]3C(=O)N(c4ccc(Br)cc4)C(=O)[C@H]32)c2ccccc21. The number of nitrogens with zero attached hydrogens (tertiary/aromatic N) is 2. The number of hydrogen-bond acceptors (Lipinski definition) is 3. The van der Waals surface area contributed by atoms with E-state index in [4.69, 9.17) is 0 Å². The van der Waals surface area contributed by atoms with Crippen LogP contribution in [0.4, 0.5) is 11.4 Å². The van der Waals surface area contributed by atoms with Gasteiger partial charge in [-0.15, -0.1) is 6.58 Å². The monoisotopic (exact) mass is 480 g/mol. The molecule has 3 amide bonds. The first-order chi connectivity index (χ1) is 15.0. The van der Waals surface area contributed by atoms with Crippen molar-refractivity contribution in [1.29, 1.82) is 0 Å². The van der Waals surface area contributed by atoms with Crippen LogP contribution in [0, 0.1) is 11.8 Å². The van der Waals surface area contributed by atoms with Gasteiger partial charge in [0.2, 0.25) is 17.4 Å². The van der Waals surface area contributed by atoms with Gasteiger partial charge in [0.25, 0.3) is 5.91 Å². The van der Waals surface area contributed by atoms with Crippen molar-refractivity contribution < 1.29 is 19.7 Å². The zero-order valence-electron chi connectivity index (χ0n) is 17.1. The van der Waals surface area contributed by atoms with Gasteiger partial charge < -0.3 is 10.2 Å². The van der Waals surface area contributed by atoms with E-state index < -0.39 is 17.4 Å². The fraction of sp³-hybridized carbons (Fsp3) is 0.292. The number of anilines is 2. The highest BCUT2D eigenvalue weighted by Crippen LogP contribution is 2.51. The molecule has 1 spiro atoms. The highest BCUT2D eigenvalue weighted by atomic mass is 79.9. The molecular formula is C24H23BrN3O3+. The van der Waals surface area contributed by atoms with Gasteiger partial charge in [0.15, 0.2) is 0 Å². The normalized spacial score (nSPS) is 29.1. The van der Waals surface area contributed by atoms with E-state index in [1.165, 1.54) is 4.90 Å². The molecule has 0 radical (unpaired) electrons. The van der Waals surface area contributed by atoms with Gasteiger partial charge in [-0.05, 0) is 36.8 Å². The van der Waals surface area contributed by atoms with Gasteiger partial charge in [0.05, 0.1) is 17.4 Å². The number of imide groups is 1. The van der Waals surface area contributed by atoms with E-state index in [1.807, 2.05) is 48.6 Å². The van der Waals surface area contributed by atoms with Crippen LogP contribution in [0.25, 0.3) is 0 Å². The Hall–Kier alpha value is -2.77. The molecule has 2 fully saturated rings. The topological polar surface area (TPSA) is 74.3 Å². The number of halogens is 1. The number of nitrogens with two attached hydrogens (primary N) is 1. The average Bonchev–Trinajstić information content (AvgIpc) is 3.34. The Morgan fingerprint density at radius 1 is 1.10 bits per heavy atom. The van der Waals surface area contributed by atoms with E-state index in [1.54, 1.807) is 23.1 Å². The van der Waals surface area contributed by atoms with Crippen LogP contribution in [0.5, 0.6) is 0 Å². The zero-order valence-corrected chi connectivity index (χ0v) is 18.7. The van der Waals surface area contributed by atoms with Crippen molar-refractivity contribution in [3.05, 3.63) is 71.2 Å². The van der Waals surface area contributed by atoms with Gasteiger partial charge in [-0.25, -0.2) is 4.90 Å². The molecule has 3 heterocycles. The fourth-order valence-corrected chi connectivity index (χ4v) is 5.91. The highest BCUT2D eigenvalue weighted by Gasteiger charge is 2.75. The molecule has 6 nitrogen and oxygen atoms in total. The van der Waals surface area contributed by atoms with Crippen LogP contribution < -0.4 is 15.1 Å². The second kappa shape index (κ2) is 7.14. The van der Waals surface area contributed by atoms with E-state index in [2.05, 4.69) is 22.5 Å². The average molecular weight is 481 g/mol. The molecule has 7 heteroatoms. The Labute approximate surface area is 189 Å². The van der Waals surface area contributed by atoms with Crippen LogP contribution in [-0.2, 0) is 19.9 Å². The lowest BCUT2D eigenvalue weighted by Gasteiger charge is -2.27. The van der Waals surface area contributed by atoms with Crippen molar-refractivity contribution in [2.75, 3.05) is 16.3 Å². The summed E-state index contributed by atoms with van der Waals surface area (Å²) in [4.78, 5) is 44.2. The number of amides is 3. The molecule has 5 rings (SSSR count). The summed E-state index contributed by atoms with van der Waals surface area (Å²) in [5, 5.41) is 1.99. The Morgan fingerprint density at radius 3 is 2.48 bits per heavy atom. The van der Waals surface area contributed by atoms with Crippen LogP contribution in [0.2, 0.25) is 0 Å². The van der Waals surface area contributed by atoms with Crippen molar-refractivity contribution in [2.24, 2.45) is 11.8 Å². The van der Waals surface area contributed by atoms with Crippen LogP contribution >= 0.6 is 15.9 Å². The van der Waals surface area contributed by atoms with Gasteiger partial charge in [0.1, 0.15) is 11.8 Å². The summed E-state index contributed by atoms with van der Waals surface area (Å²) in [6.07, 6.45) is 2.38. The predicted molar refractivity (Wildman–Crippen MR) is 120 cm³/mol. The summed E-state index contributed by atoms with van der Waals surface area (Å²) in [5.74, 6) is -1.94. The summed E-state index contributed by atoms with van der Waals surface area (Å²) in [6, 6.07) is 14.6. The quantitative estimate of drug-likeness (QED) is 0.538. The van der Waals surface area contributed by atoms with E-state index in [0.717, 1.165) is 15.7 Å². The molecule has 3 aliphatic heterocycles. The molecular weight excluding hydrogens is 458 g/mol. The third-order valence-electron chi connectivity index (χ3n) is 6.89. The lowest BCUT2D eigenvalue weighted by atomic mass is 9.76. The van der Waals surface area contributed by atoms with Gasteiger partial charge >= 0.3 is 0 Å². The number of carbonyl (C=O) groups excluding carboxylic acids is 3. The highest BCUT2D eigenvalue weighted by molar-refractivity contribution is 9.10. The van der Waals surface area contributed by atoms with E-state index in [0.29, 0.717) is 18.7 Å². The fourth-order valence-electron chi connectivity index (χ4n) is 5.64. The zero-order chi connectivity index (χ0) is 21.9. The third-order valence-corrected chi connectivity index (χ3v) is 7.42. The standard InChI is InChI=1S/C24H22BrN3O3/c1-3-13-27-18-8-6-5-7-16(18)24(23(27)31)20-19(17(4-2)26-24)21(29)28(22(20)30)15-11-9-14(25)10-12-15/h3,5-12,17,19-20,26H,1,4,13H2,2H3/p+1/t17-,19+,20+,24+/m1/s1. The van der Waals surface area contributed by atoms with Crippen molar-refractivity contribution in [3.8, 4) is 0 Å². The molecule has 2 aromatic rings. The first kappa shape index (κ1) is 20.2. The summed E-state index contributed by atoms with van der Waals surface area (Å²) >= 11 is 3.40. The van der Waals surface area contributed by atoms with Crippen molar-refractivity contribution >= 4 is 45.0 Å². The maximum absolute atomic E-state index is 13.9. The Bertz CT molecular complexity index is 1120. The molecule has 0 bridgehead atoms. The Kier molecular flexibility index (Phi) is 4.64. The maximum atomic E-state index is 13.9. The smallest absolute Gasteiger partial charge is 0.294 e. The van der Waals surface area contributed by atoms with Gasteiger partial charge in [-0.1, -0.05) is 47.1 Å². The van der Waals surface area contributed by atoms with Gasteiger partial charge in [0, 0.05) is 16.6 Å². The van der Waals surface area contributed by atoms with Crippen LogP contribution in [0.3, 0.4) is 0 Å². The molecule has 0 aliphatic carbocycles. The summed E-state index contributed by atoms with van der Waals surface area (Å²) in [5.41, 5.74) is 1.02. The number of quaternary nitrogens is 1. The Morgan fingerprint density at radius 2 is 1.81 bits per heavy atom.